The number of aromatic amines is 3. The van der Waals surface area contributed by atoms with Gasteiger partial charge in [0.05, 0.1) is 21.3 Å². The van der Waals surface area contributed by atoms with Gasteiger partial charge in [0, 0.05) is 90.2 Å². The maximum absolute atomic E-state index is 11.2. The fraction of sp³-hybridized carbons (Fsp3) is 0.211. The Hall–Kier alpha value is -8.25. The third-order valence-electron chi connectivity index (χ3n) is 11.8. The van der Waals surface area contributed by atoms with Crippen molar-refractivity contribution in [3.8, 4) is 51.0 Å². The summed E-state index contributed by atoms with van der Waals surface area (Å²) < 4.78 is 16.1. The van der Waals surface area contributed by atoms with Gasteiger partial charge in [-0.2, -0.15) is 0 Å². The lowest BCUT2D eigenvalue weighted by Crippen LogP contribution is -2.22. The van der Waals surface area contributed by atoms with Gasteiger partial charge in [-0.1, -0.05) is 91.0 Å². The fourth-order valence-electron chi connectivity index (χ4n) is 8.48. The molecule has 0 saturated heterocycles. The van der Waals surface area contributed by atoms with Crippen molar-refractivity contribution in [3.63, 3.8) is 0 Å². The van der Waals surface area contributed by atoms with Crippen molar-refractivity contribution in [2.45, 2.75) is 40.0 Å². The second-order valence-electron chi connectivity index (χ2n) is 16.5. The smallest absolute Gasteiger partial charge is 0.216 e. The number of amides is 3. The number of ether oxygens (including phenoxy) is 3. The minimum Gasteiger partial charge on any atom is -0.497 e. The molecule has 69 heavy (non-hydrogen) atoms. The summed E-state index contributed by atoms with van der Waals surface area (Å²) in [7, 11) is 5.01. The van der Waals surface area contributed by atoms with Gasteiger partial charge in [-0.3, -0.25) is 14.4 Å². The molecule has 0 aliphatic heterocycles. The molecule has 0 radical (unpaired) electrons. The minimum absolute atomic E-state index is 0.0105. The van der Waals surface area contributed by atoms with Crippen LogP contribution in [0.1, 0.15) is 37.5 Å². The molecule has 354 valence electrons. The molecule has 9 rings (SSSR count). The van der Waals surface area contributed by atoms with Crippen LogP contribution in [-0.2, 0) is 33.6 Å². The number of carbonyl (C=O) groups excluding carboxylic acids is 3. The van der Waals surface area contributed by atoms with Crippen LogP contribution in [0.3, 0.4) is 0 Å². The number of benzene rings is 6. The Balaban J connectivity index is 0.000000153. The van der Waals surface area contributed by atoms with E-state index in [-0.39, 0.29) is 17.7 Å². The number of hydrogen-bond donors (Lipinski definition) is 6. The normalized spacial score (nSPS) is 10.7. The lowest BCUT2D eigenvalue weighted by molar-refractivity contribution is -0.119. The number of aromatic nitrogens is 3. The maximum atomic E-state index is 11.2. The van der Waals surface area contributed by atoms with Crippen molar-refractivity contribution in [1.82, 2.24) is 30.9 Å². The molecule has 0 atom stereocenters. The van der Waals surface area contributed by atoms with E-state index in [1.54, 1.807) is 21.3 Å². The lowest BCUT2D eigenvalue weighted by atomic mass is 10.0. The third-order valence-corrected chi connectivity index (χ3v) is 11.8. The first-order chi connectivity index (χ1) is 33.6. The minimum atomic E-state index is -0.0105. The van der Waals surface area contributed by atoms with Crippen molar-refractivity contribution >= 4 is 50.4 Å². The second kappa shape index (κ2) is 23.5. The highest BCUT2D eigenvalue weighted by atomic mass is 16.5. The van der Waals surface area contributed by atoms with Crippen LogP contribution in [0.25, 0.3) is 66.5 Å². The van der Waals surface area contributed by atoms with Gasteiger partial charge in [-0.15, -0.1) is 0 Å². The number of rotatable bonds is 15. The Bertz CT molecular complexity index is 2800. The van der Waals surface area contributed by atoms with Gasteiger partial charge in [-0.25, -0.2) is 0 Å². The van der Waals surface area contributed by atoms with Gasteiger partial charge in [0.2, 0.25) is 17.7 Å². The van der Waals surface area contributed by atoms with Gasteiger partial charge >= 0.3 is 0 Å². The van der Waals surface area contributed by atoms with E-state index in [9.17, 15) is 14.4 Å². The molecule has 3 amide bonds. The van der Waals surface area contributed by atoms with Crippen molar-refractivity contribution in [3.05, 3.63) is 162 Å². The van der Waals surface area contributed by atoms with Crippen LogP contribution in [-0.4, -0.2) is 73.6 Å². The van der Waals surface area contributed by atoms with E-state index in [1.807, 2.05) is 109 Å². The van der Waals surface area contributed by atoms with Gasteiger partial charge in [0.25, 0.3) is 0 Å². The first kappa shape index (κ1) is 48.7. The fourth-order valence-corrected chi connectivity index (χ4v) is 8.48. The van der Waals surface area contributed by atoms with Crippen molar-refractivity contribution in [2.24, 2.45) is 0 Å². The summed E-state index contributed by atoms with van der Waals surface area (Å²) in [4.78, 5) is 44.0. The zero-order chi connectivity index (χ0) is 48.7. The number of carbonyl (C=O) groups is 3. The first-order valence-electron chi connectivity index (χ1n) is 23.0. The van der Waals surface area contributed by atoms with Gasteiger partial charge in [0.1, 0.15) is 17.2 Å². The largest absolute Gasteiger partial charge is 0.497 e. The van der Waals surface area contributed by atoms with Crippen molar-refractivity contribution < 1.29 is 28.6 Å². The molecule has 0 spiro atoms. The number of nitrogens with one attached hydrogen (secondary N) is 6. The van der Waals surface area contributed by atoms with E-state index in [0.717, 1.165) is 103 Å². The molecule has 0 saturated carbocycles. The molecule has 9 aromatic rings. The monoisotopic (exact) mass is 924 g/mol. The van der Waals surface area contributed by atoms with Crippen LogP contribution in [0.5, 0.6) is 17.2 Å². The molecule has 0 aliphatic rings. The summed E-state index contributed by atoms with van der Waals surface area (Å²) in [6.45, 7) is 6.45. The van der Waals surface area contributed by atoms with E-state index in [2.05, 4.69) is 67.3 Å². The van der Waals surface area contributed by atoms with Crippen LogP contribution in [0, 0.1) is 0 Å². The van der Waals surface area contributed by atoms with E-state index >= 15 is 0 Å². The van der Waals surface area contributed by atoms with E-state index in [0.29, 0.717) is 19.6 Å². The average Bonchev–Trinajstić information content (AvgIpc) is 4.05. The molecule has 0 aliphatic carbocycles. The summed E-state index contributed by atoms with van der Waals surface area (Å²) in [6, 6.07) is 48.8. The summed E-state index contributed by atoms with van der Waals surface area (Å²) in [5, 5.41) is 12.0. The van der Waals surface area contributed by atoms with E-state index in [1.165, 1.54) is 37.5 Å². The zero-order valence-corrected chi connectivity index (χ0v) is 40.0. The van der Waals surface area contributed by atoms with E-state index in [4.69, 9.17) is 14.2 Å². The average molecular weight is 925 g/mol. The topological polar surface area (TPSA) is 162 Å². The molecule has 12 heteroatoms. The van der Waals surface area contributed by atoms with Crippen LogP contribution in [0.2, 0.25) is 0 Å². The van der Waals surface area contributed by atoms with Gasteiger partial charge < -0.3 is 45.1 Å². The number of methoxy groups -OCH3 is 3. The first-order valence-corrected chi connectivity index (χ1v) is 23.0. The molecule has 6 aromatic carbocycles. The van der Waals surface area contributed by atoms with E-state index < -0.39 is 0 Å². The predicted molar refractivity (Wildman–Crippen MR) is 278 cm³/mol. The summed E-state index contributed by atoms with van der Waals surface area (Å²) in [5.41, 5.74) is 13.5. The molecule has 3 heterocycles. The standard InChI is InChI=1S/3C19H20N2O2/c3*1-13(22)20-11-10-16-17-12-15(23-2)8-9-18(17)21-19(16)14-6-4-3-5-7-14/h3*3-9,12,21H,10-11H2,1-2H3,(H,20,22). The Morgan fingerprint density at radius 3 is 0.884 bits per heavy atom. The predicted octanol–water partition coefficient (Wildman–Crippen LogP) is 10.6. The molecule has 0 unspecified atom stereocenters. The van der Waals surface area contributed by atoms with Crippen molar-refractivity contribution in [2.75, 3.05) is 41.0 Å². The Morgan fingerprint density at radius 2 is 0.652 bits per heavy atom. The third kappa shape index (κ3) is 12.4. The van der Waals surface area contributed by atoms with Gasteiger partial charge in [-0.05, 0) is 107 Å². The lowest BCUT2D eigenvalue weighted by Gasteiger charge is -2.06. The number of hydrogen-bond acceptors (Lipinski definition) is 6. The van der Waals surface area contributed by atoms with Crippen LogP contribution in [0.4, 0.5) is 0 Å². The van der Waals surface area contributed by atoms with Crippen LogP contribution in [0.15, 0.2) is 146 Å². The highest BCUT2D eigenvalue weighted by molar-refractivity contribution is 5.94. The Morgan fingerprint density at radius 1 is 0.391 bits per heavy atom. The molecule has 6 N–H and O–H groups in total. The summed E-state index contributed by atoms with van der Waals surface area (Å²) in [6.07, 6.45) is 2.28. The maximum Gasteiger partial charge on any atom is 0.216 e. The quantitative estimate of drug-likeness (QED) is 0.0600. The molecule has 0 fully saturated rings. The SMILES string of the molecule is COc1ccc2[nH]c(-c3ccccc3)c(CCNC(C)=O)c2c1.COc1ccc2[nH]c(-c3ccccc3)c(CCNC(C)=O)c2c1.COc1ccc2[nH]c(-c3ccccc3)c(CCNC(C)=O)c2c1. The Labute approximate surface area is 402 Å². The zero-order valence-electron chi connectivity index (χ0n) is 40.0. The highest BCUT2D eigenvalue weighted by Gasteiger charge is 2.17. The molecule has 0 bridgehead atoms. The molecular weight excluding hydrogens is 865 g/mol. The van der Waals surface area contributed by atoms with Crippen molar-refractivity contribution in [1.29, 1.82) is 0 Å². The second-order valence-corrected chi connectivity index (χ2v) is 16.5. The van der Waals surface area contributed by atoms with Crippen LogP contribution >= 0.6 is 0 Å². The molecular formula is C57H60N6O6. The molecule has 12 nitrogen and oxygen atoms in total. The number of fused-ring (bicyclic) bond motifs is 3. The molecule has 3 aromatic heterocycles. The van der Waals surface area contributed by atoms with Gasteiger partial charge in [0.15, 0.2) is 0 Å². The van der Waals surface area contributed by atoms with Crippen LogP contribution < -0.4 is 30.2 Å². The Kier molecular flexibility index (Phi) is 16.6. The highest BCUT2D eigenvalue weighted by Crippen LogP contribution is 2.35. The number of H-pyrrole nitrogens is 3. The summed E-state index contributed by atoms with van der Waals surface area (Å²) in [5.74, 6) is 2.46. The summed E-state index contributed by atoms with van der Waals surface area (Å²) >= 11 is 0.